The molecule has 0 spiro atoms. The summed E-state index contributed by atoms with van der Waals surface area (Å²) in [7, 11) is 5.45. The first-order valence-electron chi connectivity index (χ1n) is 11.3. The highest BCUT2D eigenvalue weighted by molar-refractivity contribution is 5.79. The van der Waals surface area contributed by atoms with Crippen molar-refractivity contribution in [1.29, 1.82) is 0 Å². The van der Waals surface area contributed by atoms with Gasteiger partial charge in [-0.2, -0.15) is 0 Å². The van der Waals surface area contributed by atoms with E-state index in [4.69, 9.17) is 23.9 Å². The molecule has 2 unspecified atom stereocenters. The molecule has 2 aliphatic heterocycles. The van der Waals surface area contributed by atoms with Crippen LogP contribution in [-0.4, -0.2) is 96.2 Å². The molecule has 2 aliphatic rings. The van der Waals surface area contributed by atoms with Crippen LogP contribution >= 0.6 is 0 Å². The van der Waals surface area contributed by atoms with Crippen molar-refractivity contribution in [1.82, 2.24) is 15.1 Å². The molecule has 3 rings (SSSR count). The minimum Gasteiger partial charge on any atom is -0.493 e. The molecule has 0 saturated carbocycles. The molecule has 31 heavy (non-hydrogen) atoms. The second kappa shape index (κ2) is 12.1. The fraction of sp³-hybridized carbons (Fsp3) is 0.696. The maximum Gasteiger partial charge on any atom is 0.193 e. The summed E-state index contributed by atoms with van der Waals surface area (Å²) >= 11 is 0. The fourth-order valence-corrected chi connectivity index (χ4v) is 4.22. The number of hydrogen-bond acceptors (Lipinski definition) is 6. The van der Waals surface area contributed by atoms with Gasteiger partial charge in [0.2, 0.25) is 0 Å². The van der Waals surface area contributed by atoms with Crippen LogP contribution < -0.4 is 14.8 Å². The van der Waals surface area contributed by atoms with Gasteiger partial charge < -0.3 is 29.2 Å². The standard InChI is InChI=1S/C23H38N4O4/c1-5-24-23(26(2)16-18-8-11-31-17-18)25-15-20(27-9-12-30-13-10-27)19-6-7-21(28-3)22(14-19)29-4/h6-7,14,18,20H,5,8-13,15-17H2,1-4H3,(H,24,25). The second-order valence-electron chi connectivity index (χ2n) is 8.08. The summed E-state index contributed by atoms with van der Waals surface area (Å²) in [6.45, 7) is 9.52. The van der Waals surface area contributed by atoms with Crippen molar-refractivity contribution in [3.05, 3.63) is 23.8 Å². The number of hydrogen-bond donors (Lipinski definition) is 1. The first kappa shape index (κ1) is 23.6. The highest BCUT2D eigenvalue weighted by Gasteiger charge is 2.25. The van der Waals surface area contributed by atoms with Crippen LogP contribution in [0.1, 0.15) is 24.9 Å². The second-order valence-corrected chi connectivity index (χ2v) is 8.08. The Morgan fingerprint density at radius 1 is 1.19 bits per heavy atom. The molecule has 0 bridgehead atoms. The van der Waals surface area contributed by atoms with Crippen molar-refractivity contribution in [2.24, 2.45) is 10.9 Å². The van der Waals surface area contributed by atoms with Crippen molar-refractivity contribution in [3.8, 4) is 11.5 Å². The Labute approximate surface area is 186 Å². The zero-order chi connectivity index (χ0) is 22.1. The Hall–Kier alpha value is -2.03. The van der Waals surface area contributed by atoms with Gasteiger partial charge >= 0.3 is 0 Å². The molecular weight excluding hydrogens is 396 g/mol. The molecule has 2 heterocycles. The van der Waals surface area contributed by atoms with E-state index in [1.807, 2.05) is 6.07 Å². The number of benzene rings is 1. The Morgan fingerprint density at radius 3 is 2.61 bits per heavy atom. The highest BCUT2D eigenvalue weighted by atomic mass is 16.5. The van der Waals surface area contributed by atoms with Gasteiger partial charge in [0.05, 0.1) is 46.6 Å². The molecule has 0 aromatic heterocycles. The van der Waals surface area contributed by atoms with Gasteiger partial charge in [0, 0.05) is 45.8 Å². The quantitative estimate of drug-likeness (QED) is 0.471. The third-order valence-electron chi connectivity index (χ3n) is 5.95. The van der Waals surface area contributed by atoms with E-state index >= 15 is 0 Å². The zero-order valence-electron chi connectivity index (χ0n) is 19.4. The third kappa shape index (κ3) is 6.48. The van der Waals surface area contributed by atoms with E-state index in [1.54, 1.807) is 14.2 Å². The number of guanidine groups is 1. The van der Waals surface area contributed by atoms with E-state index in [0.29, 0.717) is 12.5 Å². The molecule has 1 N–H and O–H groups in total. The van der Waals surface area contributed by atoms with Crippen LogP contribution in [0.5, 0.6) is 11.5 Å². The number of morpholine rings is 1. The summed E-state index contributed by atoms with van der Waals surface area (Å²) in [5, 5.41) is 3.45. The SMILES string of the molecule is CCNC(=NCC(c1ccc(OC)c(OC)c1)N1CCOCC1)N(C)CC1CCOC1. The van der Waals surface area contributed by atoms with Gasteiger partial charge in [0.25, 0.3) is 0 Å². The van der Waals surface area contributed by atoms with Crippen LogP contribution in [0.25, 0.3) is 0 Å². The largest absolute Gasteiger partial charge is 0.493 e. The summed E-state index contributed by atoms with van der Waals surface area (Å²) in [6, 6.07) is 6.30. The predicted molar refractivity (Wildman–Crippen MR) is 122 cm³/mol. The summed E-state index contributed by atoms with van der Waals surface area (Å²) < 4.78 is 22.1. The van der Waals surface area contributed by atoms with Crippen LogP contribution in [0.2, 0.25) is 0 Å². The summed E-state index contributed by atoms with van der Waals surface area (Å²) in [5.41, 5.74) is 1.17. The van der Waals surface area contributed by atoms with E-state index in [2.05, 4.69) is 41.2 Å². The average Bonchev–Trinajstić information content (AvgIpc) is 3.32. The first-order valence-corrected chi connectivity index (χ1v) is 11.3. The van der Waals surface area contributed by atoms with Crippen LogP contribution in [0.4, 0.5) is 0 Å². The molecular formula is C23H38N4O4. The summed E-state index contributed by atoms with van der Waals surface area (Å²) in [4.78, 5) is 9.72. The van der Waals surface area contributed by atoms with Crippen molar-refractivity contribution >= 4 is 5.96 Å². The minimum absolute atomic E-state index is 0.139. The van der Waals surface area contributed by atoms with E-state index in [9.17, 15) is 0 Å². The number of methoxy groups -OCH3 is 2. The summed E-state index contributed by atoms with van der Waals surface area (Å²) in [5.74, 6) is 2.98. The Morgan fingerprint density at radius 2 is 1.97 bits per heavy atom. The molecule has 2 atom stereocenters. The number of rotatable bonds is 9. The lowest BCUT2D eigenvalue weighted by Crippen LogP contribution is -2.43. The zero-order valence-corrected chi connectivity index (χ0v) is 19.4. The molecule has 8 heteroatoms. The molecule has 0 amide bonds. The molecule has 0 radical (unpaired) electrons. The Kier molecular flexibility index (Phi) is 9.24. The van der Waals surface area contributed by atoms with Gasteiger partial charge in [0.1, 0.15) is 0 Å². The maximum atomic E-state index is 5.59. The van der Waals surface area contributed by atoms with Gasteiger partial charge in [0.15, 0.2) is 17.5 Å². The molecule has 0 aliphatic carbocycles. The molecule has 2 saturated heterocycles. The Balaban J connectivity index is 1.80. The van der Waals surface area contributed by atoms with E-state index in [0.717, 1.165) is 76.5 Å². The van der Waals surface area contributed by atoms with Gasteiger partial charge in [-0.1, -0.05) is 6.07 Å². The van der Waals surface area contributed by atoms with E-state index in [1.165, 1.54) is 5.56 Å². The van der Waals surface area contributed by atoms with Gasteiger partial charge in [-0.05, 0) is 31.0 Å². The lowest BCUT2D eigenvalue weighted by molar-refractivity contribution is 0.0179. The highest BCUT2D eigenvalue weighted by Crippen LogP contribution is 2.32. The van der Waals surface area contributed by atoms with Crippen LogP contribution in [0.3, 0.4) is 0 Å². The van der Waals surface area contributed by atoms with Gasteiger partial charge in [-0.25, -0.2) is 0 Å². The van der Waals surface area contributed by atoms with Crippen molar-refractivity contribution < 1.29 is 18.9 Å². The van der Waals surface area contributed by atoms with Crippen LogP contribution in [0, 0.1) is 5.92 Å². The van der Waals surface area contributed by atoms with E-state index < -0.39 is 0 Å². The molecule has 174 valence electrons. The summed E-state index contributed by atoms with van der Waals surface area (Å²) in [6.07, 6.45) is 1.12. The van der Waals surface area contributed by atoms with Crippen LogP contribution in [-0.2, 0) is 9.47 Å². The first-order chi connectivity index (χ1) is 15.2. The number of aliphatic imine (C=N–C) groups is 1. The number of ether oxygens (including phenoxy) is 4. The van der Waals surface area contributed by atoms with Crippen LogP contribution in [0.15, 0.2) is 23.2 Å². The maximum absolute atomic E-state index is 5.59. The molecule has 1 aromatic rings. The lowest BCUT2D eigenvalue weighted by Gasteiger charge is -2.34. The van der Waals surface area contributed by atoms with Gasteiger partial charge in [-0.3, -0.25) is 9.89 Å². The predicted octanol–water partition coefficient (Wildman–Crippen LogP) is 2.01. The fourth-order valence-electron chi connectivity index (χ4n) is 4.22. The smallest absolute Gasteiger partial charge is 0.193 e. The number of nitrogens with one attached hydrogen (secondary N) is 1. The minimum atomic E-state index is 0.139. The topological polar surface area (TPSA) is 67.8 Å². The van der Waals surface area contributed by atoms with Crippen molar-refractivity contribution in [2.45, 2.75) is 19.4 Å². The monoisotopic (exact) mass is 434 g/mol. The lowest BCUT2D eigenvalue weighted by atomic mass is 10.0. The molecule has 1 aromatic carbocycles. The number of nitrogens with zero attached hydrogens (tertiary/aromatic N) is 3. The normalized spacial score (nSPS) is 21.0. The van der Waals surface area contributed by atoms with E-state index in [-0.39, 0.29) is 6.04 Å². The van der Waals surface area contributed by atoms with Crippen molar-refractivity contribution in [3.63, 3.8) is 0 Å². The van der Waals surface area contributed by atoms with Crippen molar-refractivity contribution in [2.75, 3.05) is 80.4 Å². The molecule has 8 nitrogen and oxygen atoms in total. The third-order valence-corrected chi connectivity index (χ3v) is 5.95. The molecule has 2 fully saturated rings. The van der Waals surface area contributed by atoms with Gasteiger partial charge in [-0.15, -0.1) is 0 Å². The Bertz CT molecular complexity index is 703. The average molecular weight is 435 g/mol.